The van der Waals surface area contributed by atoms with Gasteiger partial charge in [-0.3, -0.25) is 4.79 Å². The summed E-state index contributed by atoms with van der Waals surface area (Å²) >= 11 is 0. The van der Waals surface area contributed by atoms with Crippen molar-refractivity contribution in [3.8, 4) is 11.3 Å². The predicted octanol–water partition coefficient (Wildman–Crippen LogP) is 3.93. The number of carbonyl (C=O) groups is 1. The number of alkyl halides is 2. The molecule has 7 heteroatoms. The van der Waals surface area contributed by atoms with Crippen LogP contribution in [0, 0.1) is 12.8 Å². The van der Waals surface area contributed by atoms with E-state index in [1.807, 2.05) is 42.9 Å². The van der Waals surface area contributed by atoms with E-state index in [0.717, 1.165) is 27.9 Å². The second-order valence-electron chi connectivity index (χ2n) is 6.83. The Labute approximate surface area is 149 Å². The number of anilines is 1. The quantitative estimate of drug-likeness (QED) is 0.774. The standard InChI is InChI=1S/C19H18F2N4O/c1-11-22-10-16(25(11)2)12-3-4-13-9-23-17(6-14(13)5-12)24-18(26)15-7-19(20,21)8-15/h3-6,9-10,15H,7-8H2,1-2H3,(H,23,24,26). The SMILES string of the molecule is Cc1ncc(-c2ccc3cnc(NC(=O)C4CC(F)(F)C4)cc3c2)n1C. The van der Waals surface area contributed by atoms with Crippen molar-refractivity contribution in [3.05, 3.63) is 42.5 Å². The highest BCUT2D eigenvalue weighted by molar-refractivity contribution is 5.95. The fourth-order valence-corrected chi connectivity index (χ4v) is 3.21. The molecule has 5 nitrogen and oxygen atoms in total. The molecule has 3 aromatic rings. The van der Waals surface area contributed by atoms with Crippen LogP contribution in [0.15, 0.2) is 36.7 Å². The number of rotatable bonds is 3. The number of nitrogens with one attached hydrogen (secondary N) is 1. The smallest absolute Gasteiger partial charge is 0.249 e. The first kappa shape index (κ1) is 16.6. The van der Waals surface area contributed by atoms with Crippen molar-refractivity contribution in [2.45, 2.75) is 25.7 Å². The van der Waals surface area contributed by atoms with Crippen LogP contribution < -0.4 is 5.32 Å². The number of imidazole rings is 1. The summed E-state index contributed by atoms with van der Waals surface area (Å²) < 4.78 is 27.9. The number of amides is 1. The lowest BCUT2D eigenvalue weighted by atomic mass is 9.81. The van der Waals surface area contributed by atoms with E-state index in [2.05, 4.69) is 15.3 Å². The van der Waals surface area contributed by atoms with Gasteiger partial charge in [-0.15, -0.1) is 0 Å². The first-order valence-corrected chi connectivity index (χ1v) is 8.40. The van der Waals surface area contributed by atoms with Crippen LogP contribution in [0.4, 0.5) is 14.6 Å². The number of aromatic nitrogens is 3. The molecular formula is C19H18F2N4O. The van der Waals surface area contributed by atoms with Gasteiger partial charge in [-0.25, -0.2) is 18.7 Å². The number of halogens is 2. The van der Waals surface area contributed by atoms with Crippen LogP contribution in [0.25, 0.3) is 22.0 Å². The third-order valence-corrected chi connectivity index (χ3v) is 4.95. The molecule has 1 amide bonds. The maximum Gasteiger partial charge on any atom is 0.249 e. The van der Waals surface area contributed by atoms with E-state index in [1.165, 1.54) is 0 Å². The van der Waals surface area contributed by atoms with Gasteiger partial charge in [0.05, 0.1) is 11.9 Å². The molecule has 1 aliphatic carbocycles. The monoisotopic (exact) mass is 356 g/mol. The van der Waals surface area contributed by atoms with E-state index in [9.17, 15) is 13.6 Å². The van der Waals surface area contributed by atoms with E-state index in [0.29, 0.717) is 5.82 Å². The van der Waals surface area contributed by atoms with Crippen LogP contribution in [0.1, 0.15) is 18.7 Å². The van der Waals surface area contributed by atoms with Crippen LogP contribution in [0.3, 0.4) is 0 Å². The highest BCUT2D eigenvalue weighted by atomic mass is 19.3. The number of pyridine rings is 1. The summed E-state index contributed by atoms with van der Waals surface area (Å²) in [5.41, 5.74) is 1.99. The molecule has 0 atom stereocenters. The minimum absolute atomic E-state index is 0.371. The predicted molar refractivity (Wildman–Crippen MR) is 95.0 cm³/mol. The van der Waals surface area contributed by atoms with Crippen LogP contribution in [-0.2, 0) is 11.8 Å². The second kappa shape index (κ2) is 5.86. The molecule has 0 radical (unpaired) electrons. The number of hydrogen-bond donors (Lipinski definition) is 1. The lowest BCUT2D eigenvalue weighted by Crippen LogP contribution is -2.42. The van der Waals surface area contributed by atoms with Crippen molar-refractivity contribution in [2.24, 2.45) is 13.0 Å². The molecule has 2 aromatic heterocycles. The summed E-state index contributed by atoms with van der Waals surface area (Å²) in [4.78, 5) is 20.6. The average molecular weight is 356 g/mol. The molecule has 1 saturated carbocycles. The van der Waals surface area contributed by atoms with Gasteiger partial charge in [-0.05, 0) is 24.4 Å². The molecule has 1 fully saturated rings. The number of nitrogens with zero attached hydrogens (tertiary/aromatic N) is 3. The van der Waals surface area contributed by atoms with E-state index in [-0.39, 0.29) is 0 Å². The molecule has 4 rings (SSSR count). The van der Waals surface area contributed by atoms with Gasteiger partial charge in [0.15, 0.2) is 0 Å². The van der Waals surface area contributed by atoms with Crippen LogP contribution in [0.5, 0.6) is 0 Å². The number of fused-ring (bicyclic) bond motifs is 1. The van der Waals surface area contributed by atoms with Crippen molar-refractivity contribution in [1.29, 1.82) is 0 Å². The first-order chi connectivity index (χ1) is 12.3. The zero-order valence-electron chi connectivity index (χ0n) is 14.5. The van der Waals surface area contributed by atoms with Gasteiger partial charge < -0.3 is 9.88 Å². The largest absolute Gasteiger partial charge is 0.331 e. The molecule has 26 heavy (non-hydrogen) atoms. The molecule has 0 aliphatic heterocycles. The van der Waals surface area contributed by atoms with Crippen LogP contribution >= 0.6 is 0 Å². The molecule has 1 aliphatic rings. The van der Waals surface area contributed by atoms with E-state index >= 15 is 0 Å². The average Bonchev–Trinajstić information content (AvgIpc) is 2.91. The van der Waals surface area contributed by atoms with Gasteiger partial charge >= 0.3 is 0 Å². The van der Waals surface area contributed by atoms with Crippen molar-refractivity contribution < 1.29 is 13.6 Å². The zero-order chi connectivity index (χ0) is 18.5. The Morgan fingerprint density at radius 2 is 1.96 bits per heavy atom. The van der Waals surface area contributed by atoms with Crippen molar-refractivity contribution in [2.75, 3.05) is 5.32 Å². The summed E-state index contributed by atoms with van der Waals surface area (Å²) in [6.45, 7) is 1.94. The lowest BCUT2D eigenvalue weighted by molar-refractivity contribution is -0.145. The highest BCUT2D eigenvalue weighted by Crippen LogP contribution is 2.42. The van der Waals surface area contributed by atoms with Gasteiger partial charge in [-0.1, -0.05) is 12.1 Å². The minimum atomic E-state index is -2.71. The first-order valence-electron chi connectivity index (χ1n) is 8.40. The molecule has 2 heterocycles. The maximum atomic E-state index is 12.9. The number of benzene rings is 1. The summed E-state index contributed by atoms with van der Waals surface area (Å²) in [6.07, 6.45) is 2.70. The Morgan fingerprint density at radius 3 is 2.62 bits per heavy atom. The van der Waals surface area contributed by atoms with Gasteiger partial charge in [-0.2, -0.15) is 0 Å². The van der Waals surface area contributed by atoms with Crippen molar-refractivity contribution >= 4 is 22.5 Å². The minimum Gasteiger partial charge on any atom is -0.331 e. The van der Waals surface area contributed by atoms with Gasteiger partial charge in [0.2, 0.25) is 11.8 Å². The molecule has 1 N–H and O–H groups in total. The fourth-order valence-electron chi connectivity index (χ4n) is 3.21. The Bertz CT molecular complexity index is 1000. The molecule has 0 spiro atoms. The lowest BCUT2D eigenvalue weighted by Gasteiger charge is -2.33. The third-order valence-electron chi connectivity index (χ3n) is 4.95. The number of aryl methyl sites for hydroxylation is 1. The molecule has 134 valence electrons. The van der Waals surface area contributed by atoms with Crippen molar-refractivity contribution in [3.63, 3.8) is 0 Å². The third kappa shape index (κ3) is 2.94. The molecule has 1 aromatic carbocycles. The topological polar surface area (TPSA) is 59.8 Å². The Balaban J connectivity index is 1.60. The van der Waals surface area contributed by atoms with E-state index in [4.69, 9.17) is 0 Å². The molecule has 0 saturated heterocycles. The fraction of sp³-hybridized carbons (Fsp3) is 0.316. The maximum absolute atomic E-state index is 12.9. The van der Waals surface area contributed by atoms with E-state index < -0.39 is 30.6 Å². The Hall–Kier alpha value is -2.83. The van der Waals surface area contributed by atoms with Gasteiger partial charge in [0.25, 0.3) is 0 Å². The van der Waals surface area contributed by atoms with Gasteiger partial charge in [0, 0.05) is 43.0 Å². The number of carbonyl (C=O) groups excluding carboxylic acids is 1. The highest BCUT2D eigenvalue weighted by Gasteiger charge is 2.48. The molecular weight excluding hydrogens is 338 g/mol. The Kier molecular flexibility index (Phi) is 3.75. The van der Waals surface area contributed by atoms with Crippen LogP contribution in [-0.4, -0.2) is 26.4 Å². The molecule has 0 unspecified atom stereocenters. The van der Waals surface area contributed by atoms with E-state index in [1.54, 1.807) is 12.3 Å². The normalized spacial score (nSPS) is 16.5. The summed E-state index contributed by atoms with van der Waals surface area (Å²) in [5, 5.41) is 4.49. The summed E-state index contributed by atoms with van der Waals surface area (Å²) in [5.74, 6) is -2.47. The van der Waals surface area contributed by atoms with Gasteiger partial charge in [0.1, 0.15) is 11.6 Å². The zero-order valence-corrected chi connectivity index (χ0v) is 14.5. The molecule has 0 bridgehead atoms. The second-order valence-corrected chi connectivity index (χ2v) is 6.83. The number of hydrogen-bond acceptors (Lipinski definition) is 3. The summed E-state index contributed by atoms with van der Waals surface area (Å²) in [7, 11) is 1.95. The summed E-state index contributed by atoms with van der Waals surface area (Å²) in [6, 6.07) is 7.71. The Morgan fingerprint density at radius 1 is 1.19 bits per heavy atom. The van der Waals surface area contributed by atoms with Crippen LogP contribution in [0.2, 0.25) is 0 Å². The van der Waals surface area contributed by atoms with Crippen molar-refractivity contribution in [1.82, 2.24) is 14.5 Å².